The second-order valence-electron chi connectivity index (χ2n) is 3.23. The number of aliphatic carboxylic acids is 1. The van der Waals surface area contributed by atoms with E-state index in [1.165, 1.54) is 6.07 Å². The van der Waals surface area contributed by atoms with Gasteiger partial charge in [-0.3, -0.25) is 4.79 Å². The third-order valence-corrected chi connectivity index (χ3v) is 3.41. The summed E-state index contributed by atoms with van der Waals surface area (Å²) in [6.45, 7) is 0. The molecule has 100 valence electrons. The minimum absolute atomic E-state index is 0.0350. The minimum Gasteiger partial charge on any atom is -0.480 e. The highest BCUT2D eigenvalue weighted by Gasteiger charge is 2.26. The Hall–Kier alpha value is -0.920. The highest BCUT2D eigenvalue weighted by atomic mass is 35.5. The van der Waals surface area contributed by atoms with Gasteiger partial charge in [0.15, 0.2) is 0 Å². The van der Waals surface area contributed by atoms with Crippen LogP contribution in [0.25, 0.3) is 0 Å². The smallest absolute Gasteiger partial charge is 0.326 e. The van der Waals surface area contributed by atoms with Crippen LogP contribution < -0.4 is 5.32 Å². The number of carboxylic acids is 1. The number of carbonyl (C=O) groups is 2. The van der Waals surface area contributed by atoms with Crippen molar-refractivity contribution in [3.05, 3.63) is 20.3 Å². The lowest BCUT2D eigenvalue weighted by atomic mass is 10.2. The average Bonchev–Trinajstić information content (AvgIpc) is 2.56. The quantitative estimate of drug-likeness (QED) is 0.877. The number of alkyl halides is 2. The van der Waals surface area contributed by atoms with Crippen LogP contribution in [0.3, 0.4) is 0 Å². The number of thiophene rings is 1. The van der Waals surface area contributed by atoms with E-state index in [4.69, 9.17) is 28.3 Å². The van der Waals surface area contributed by atoms with Gasteiger partial charge in [0.25, 0.3) is 5.91 Å². The number of amides is 1. The summed E-state index contributed by atoms with van der Waals surface area (Å²) in [5, 5.41) is 10.7. The maximum absolute atomic E-state index is 12.1. The maximum Gasteiger partial charge on any atom is 0.326 e. The first-order valence-electron chi connectivity index (χ1n) is 4.58. The van der Waals surface area contributed by atoms with Crippen LogP contribution in [-0.2, 0) is 4.79 Å². The van der Waals surface area contributed by atoms with Crippen LogP contribution in [0.4, 0.5) is 8.78 Å². The second-order valence-corrected chi connectivity index (χ2v) is 5.51. The van der Waals surface area contributed by atoms with Gasteiger partial charge in [-0.2, -0.15) is 0 Å². The van der Waals surface area contributed by atoms with E-state index in [2.05, 4.69) is 0 Å². The van der Waals surface area contributed by atoms with Gasteiger partial charge in [-0.15, -0.1) is 11.3 Å². The maximum atomic E-state index is 12.1. The Morgan fingerprint density at radius 2 is 2.06 bits per heavy atom. The molecule has 0 spiro atoms. The molecule has 0 aliphatic heterocycles. The Morgan fingerprint density at radius 1 is 1.44 bits per heavy atom. The number of carbonyl (C=O) groups excluding carboxylic acids is 1. The van der Waals surface area contributed by atoms with E-state index >= 15 is 0 Å². The van der Waals surface area contributed by atoms with Gasteiger partial charge in [0.2, 0.25) is 6.43 Å². The Balaban J connectivity index is 2.78. The summed E-state index contributed by atoms with van der Waals surface area (Å²) >= 11 is 12.2. The Morgan fingerprint density at radius 3 is 2.44 bits per heavy atom. The van der Waals surface area contributed by atoms with Crippen molar-refractivity contribution >= 4 is 46.4 Å². The standard InChI is InChI=1S/C9H7Cl2F2NO3S/c10-5-1-3(7(11)18-5)8(15)14-4(9(16)17)2-6(12)13/h1,4,6H,2H2,(H,14,15)(H,16,17). The lowest BCUT2D eigenvalue weighted by molar-refractivity contribution is -0.140. The molecule has 9 heteroatoms. The fourth-order valence-electron chi connectivity index (χ4n) is 1.13. The van der Waals surface area contributed by atoms with Crippen LogP contribution in [0.2, 0.25) is 8.67 Å². The van der Waals surface area contributed by atoms with Gasteiger partial charge in [-0.05, 0) is 6.07 Å². The zero-order chi connectivity index (χ0) is 13.9. The summed E-state index contributed by atoms with van der Waals surface area (Å²) in [5.74, 6) is -2.39. The first-order chi connectivity index (χ1) is 8.31. The summed E-state index contributed by atoms with van der Waals surface area (Å²) in [6, 6.07) is -0.433. The molecule has 1 rings (SSSR count). The number of hydrogen-bond acceptors (Lipinski definition) is 3. The zero-order valence-corrected chi connectivity index (χ0v) is 11.0. The largest absolute Gasteiger partial charge is 0.480 e. The number of carboxylic acid groups (broad SMARTS) is 1. The third-order valence-electron chi connectivity index (χ3n) is 1.92. The molecule has 0 aromatic carbocycles. The molecule has 1 unspecified atom stereocenters. The van der Waals surface area contributed by atoms with Gasteiger partial charge in [-0.1, -0.05) is 23.2 Å². The molecule has 0 fully saturated rings. The minimum atomic E-state index is -2.84. The van der Waals surface area contributed by atoms with Gasteiger partial charge in [-0.25, -0.2) is 13.6 Å². The molecule has 1 aromatic rings. The Bertz CT molecular complexity index is 467. The van der Waals surface area contributed by atoms with Crippen molar-refractivity contribution in [2.24, 2.45) is 0 Å². The molecule has 1 atom stereocenters. The second kappa shape index (κ2) is 6.31. The molecule has 0 saturated carbocycles. The topological polar surface area (TPSA) is 66.4 Å². The van der Waals surface area contributed by atoms with Crippen molar-refractivity contribution < 1.29 is 23.5 Å². The molecule has 0 saturated heterocycles. The molecular formula is C9H7Cl2F2NO3S. The average molecular weight is 318 g/mol. The molecule has 1 aromatic heterocycles. The van der Waals surface area contributed by atoms with Crippen molar-refractivity contribution in [2.45, 2.75) is 18.9 Å². The van der Waals surface area contributed by atoms with Gasteiger partial charge in [0, 0.05) is 6.42 Å². The summed E-state index contributed by atoms with van der Waals surface area (Å²) in [5.41, 5.74) is -0.0350. The monoisotopic (exact) mass is 317 g/mol. The van der Waals surface area contributed by atoms with Crippen molar-refractivity contribution in [3.8, 4) is 0 Å². The van der Waals surface area contributed by atoms with E-state index in [1.54, 1.807) is 0 Å². The molecule has 2 N–H and O–H groups in total. The van der Waals surface area contributed by atoms with Crippen LogP contribution in [-0.4, -0.2) is 29.5 Å². The molecular weight excluding hydrogens is 311 g/mol. The van der Waals surface area contributed by atoms with E-state index in [9.17, 15) is 18.4 Å². The predicted octanol–water partition coefficient (Wildman–Crippen LogP) is 2.89. The molecule has 4 nitrogen and oxygen atoms in total. The summed E-state index contributed by atoms with van der Waals surface area (Å²) in [4.78, 5) is 22.3. The summed E-state index contributed by atoms with van der Waals surface area (Å²) in [6.07, 6.45) is -3.82. The first-order valence-corrected chi connectivity index (χ1v) is 6.15. The Labute approximate surface area is 115 Å². The molecule has 0 radical (unpaired) electrons. The van der Waals surface area contributed by atoms with Crippen LogP contribution >= 0.6 is 34.5 Å². The molecule has 0 aliphatic carbocycles. The normalized spacial score (nSPS) is 12.5. The van der Waals surface area contributed by atoms with Crippen molar-refractivity contribution in [1.82, 2.24) is 5.32 Å². The third kappa shape index (κ3) is 4.08. The van der Waals surface area contributed by atoms with Crippen LogP contribution in [0.5, 0.6) is 0 Å². The predicted molar refractivity (Wildman–Crippen MR) is 63.9 cm³/mol. The van der Waals surface area contributed by atoms with Crippen LogP contribution in [0.15, 0.2) is 6.07 Å². The number of hydrogen-bond donors (Lipinski definition) is 2. The van der Waals surface area contributed by atoms with Crippen LogP contribution in [0, 0.1) is 0 Å². The number of halogens is 4. The summed E-state index contributed by atoms with van der Waals surface area (Å²) in [7, 11) is 0. The lowest BCUT2D eigenvalue weighted by Gasteiger charge is -2.13. The van der Waals surface area contributed by atoms with E-state index in [-0.39, 0.29) is 14.2 Å². The fourth-order valence-corrected chi connectivity index (χ4v) is 2.59. The van der Waals surface area contributed by atoms with Crippen molar-refractivity contribution in [1.29, 1.82) is 0 Å². The molecule has 1 amide bonds. The highest BCUT2D eigenvalue weighted by molar-refractivity contribution is 7.20. The van der Waals surface area contributed by atoms with Gasteiger partial charge >= 0.3 is 5.97 Å². The van der Waals surface area contributed by atoms with E-state index < -0.39 is 30.8 Å². The number of nitrogens with one attached hydrogen (secondary N) is 1. The van der Waals surface area contributed by atoms with Crippen molar-refractivity contribution in [2.75, 3.05) is 0 Å². The zero-order valence-electron chi connectivity index (χ0n) is 8.62. The van der Waals surface area contributed by atoms with Gasteiger partial charge in [0.1, 0.15) is 10.4 Å². The van der Waals surface area contributed by atoms with Crippen LogP contribution in [0.1, 0.15) is 16.8 Å². The van der Waals surface area contributed by atoms with Crippen molar-refractivity contribution in [3.63, 3.8) is 0 Å². The Kier molecular flexibility index (Phi) is 5.30. The molecule has 1 heterocycles. The fraction of sp³-hybridized carbons (Fsp3) is 0.333. The highest BCUT2D eigenvalue weighted by Crippen LogP contribution is 2.31. The number of rotatable bonds is 5. The summed E-state index contributed by atoms with van der Waals surface area (Å²) < 4.78 is 24.6. The van der Waals surface area contributed by atoms with E-state index in [0.29, 0.717) is 0 Å². The first kappa shape index (κ1) is 15.1. The van der Waals surface area contributed by atoms with Gasteiger partial charge in [0.05, 0.1) is 9.90 Å². The molecule has 0 aliphatic rings. The lowest BCUT2D eigenvalue weighted by Crippen LogP contribution is -2.41. The molecule has 0 bridgehead atoms. The SMILES string of the molecule is O=C(NC(CC(F)F)C(=O)O)c1cc(Cl)sc1Cl. The van der Waals surface area contributed by atoms with E-state index in [1.807, 2.05) is 5.32 Å². The molecule has 18 heavy (non-hydrogen) atoms. The van der Waals surface area contributed by atoms with Gasteiger partial charge < -0.3 is 10.4 Å². The van der Waals surface area contributed by atoms with E-state index in [0.717, 1.165) is 11.3 Å².